The van der Waals surface area contributed by atoms with E-state index in [0.717, 1.165) is 12.8 Å². The van der Waals surface area contributed by atoms with Gasteiger partial charge in [0.25, 0.3) is 5.91 Å². The van der Waals surface area contributed by atoms with Crippen molar-refractivity contribution in [2.75, 3.05) is 24.3 Å². The second-order valence-electron chi connectivity index (χ2n) is 5.74. The van der Waals surface area contributed by atoms with E-state index in [1.807, 2.05) is 18.2 Å². The highest BCUT2D eigenvalue weighted by Gasteiger charge is 2.20. The summed E-state index contributed by atoms with van der Waals surface area (Å²) in [7, 11) is 1.69. The fourth-order valence-corrected chi connectivity index (χ4v) is 2.76. The van der Waals surface area contributed by atoms with Gasteiger partial charge in [-0.05, 0) is 25.5 Å². The Morgan fingerprint density at radius 1 is 1.35 bits per heavy atom. The highest BCUT2D eigenvalue weighted by molar-refractivity contribution is 6.38. The molecule has 26 heavy (non-hydrogen) atoms. The Labute approximate surface area is 158 Å². The lowest BCUT2D eigenvalue weighted by molar-refractivity contribution is 0.102. The minimum atomic E-state index is -0.404. The number of pyridine rings is 1. The van der Waals surface area contributed by atoms with Crippen molar-refractivity contribution in [3.63, 3.8) is 0 Å². The molecule has 2 rings (SSSR count). The molecule has 7 heteroatoms. The van der Waals surface area contributed by atoms with Crippen LogP contribution in [0.5, 0.6) is 5.75 Å². The molecule has 0 aliphatic heterocycles. The minimum absolute atomic E-state index is 0.193. The lowest BCUT2D eigenvalue weighted by Crippen LogP contribution is -2.16. The summed E-state index contributed by atoms with van der Waals surface area (Å²) >= 11 is 6.38. The molecule has 0 aliphatic carbocycles. The Morgan fingerprint density at radius 3 is 2.73 bits per heavy atom. The predicted octanol–water partition coefficient (Wildman–Crippen LogP) is 4.60. The van der Waals surface area contributed by atoms with E-state index < -0.39 is 5.91 Å². The van der Waals surface area contributed by atoms with Crippen molar-refractivity contribution in [3.8, 4) is 5.75 Å². The number of para-hydroxylation sites is 2. The third-order valence-corrected chi connectivity index (χ3v) is 4.16. The first-order valence-corrected chi connectivity index (χ1v) is 8.82. The van der Waals surface area contributed by atoms with Gasteiger partial charge < -0.3 is 20.8 Å². The Hall–Kier alpha value is -2.60. The monoisotopic (exact) mass is 374 g/mol. The first kappa shape index (κ1) is 19.7. The van der Waals surface area contributed by atoms with Gasteiger partial charge in [0.1, 0.15) is 11.6 Å². The number of nitrogens with zero attached hydrogens (tertiary/aromatic N) is 1. The topological polar surface area (TPSA) is 87.1 Å². The average Bonchev–Trinajstić information content (AvgIpc) is 2.62. The first-order chi connectivity index (χ1) is 12.5. The molecule has 138 valence electrons. The zero-order valence-electron chi connectivity index (χ0n) is 15.1. The van der Waals surface area contributed by atoms with Gasteiger partial charge in [0, 0.05) is 19.0 Å². The molecule has 0 bridgehead atoms. The number of ether oxygens (including phenoxy) is 1. The van der Waals surface area contributed by atoms with E-state index in [4.69, 9.17) is 21.7 Å². The zero-order chi connectivity index (χ0) is 19.1. The summed E-state index contributed by atoms with van der Waals surface area (Å²) in [5, 5.41) is 13.8. The second-order valence-corrected chi connectivity index (χ2v) is 6.11. The van der Waals surface area contributed by atoms with Crippen LogP contribution in [0.25, 0.3) is 0 Å². The number of anilines is 2. The van der Waals surface area contributed by atoms with Gasteiger partial charge in [-0.15, -0.1) is 0 Å². The molecule has 1 heterocycles. The fourth-order valence-electron chi connectivity index (χ4n) is 2.39. The molecule has 1 amide bonds. The number of carbonyl (C=O) groups excluding carboxylic acids is 1. The molecule has 3 N–H and O–H groups in total. The van der Waals surface area contributed by atoms with Crippen LogP contribution in [0.15, 0.2) is 30.5 Å². The van der Waals surface area contributed by atoms with E-state index >= 15 is 0 Å². The van der Waals surface area contributed by atoms with Crippen LogP contribution in [0, 0.1) is 5.41 Å². The van der Waals surface area contributed by atoms with Crippen molar-refractivity contribution in [1.82, 2.24) is 4.98 Å². The number of nitrogens with one attached hydrogen (secondary N) is 3. The Morgan fingerprint density at radius 2 is 2.08 bits per heavy atom. The van der Waals surface area contributed by atoms with Crippen LogP contribution in [-0.4, -0.2) is 30.3 Å². The van der Waals surface area contributed by atoms with Crippen LogP contribution in [0.1, 0.15) is 42.6 Å². The minimum Gasteiger partial charge on any atom is -0.491 e. The molecule has 0 spiro atoms. The van der Waals surface area contributed by atoms with Crippen LogP contribution in [0.4, 0.5) is 11.5 Å². The van der Waals surface area contributed by atoms with Crippen LogP contribution < -0.4 is 15.4 Å². The van der Waals surface area contributed by atoms with Gasteiger partial charge in [-0.1, -0.05) is 37.1 Å². The summed E-state index contributed by atoms with van der Waals surface area (Å²) in [6, 6.07) is 7.25. The van der Waals surface area contributed by atoms with Gasteiger partial charge in [0.2, 0.25) is 0 Å². The summed E-state index contributed by atoms with van der Waals surface area (Å²) in [6.45, 7) is 4.27. The molecule has 6 nitrogen and oxygen atoms in total. The van der Waals surface area contributed by atoms with Gasteiger partial charge in [-0.2, -0.15) is 0 Å². The second kappa shape index (κ2) is 9.20. The van der Waals surface area contributed by atoms with Crippen molar-refractivity contribution in [1.29, 1.82) is 5.41 Å². The van der Waals surface area contributed by atoms with E-state index in [2.05, 4.69) is 22.5 Å². The Bertz CT molecular complexity index is 808. The van der Waals surface area contributed by atoms with E-state index in [9.17, 15) is 4.79 Å². The van der Waals surface area contributed by atoms with E-state index in [0.29, 0.717) is 29.4 Å². The van der Waals surface area contributed by atoms with Crippen molar-refractivity contribution in [3.05, 3.63) is 46.6 Å². The third-order valence-electron chi connectivity index (χ3n) is 3.76. The van der Waals surface area contributed by atoms with E-state index in [-0.39, 0.29) is 16.3 Å². The molecule has 1 aromatic carbocycles. The van der Waals surface area contributed by atoms with Crippen LogP contribution in [0.2, 0.25) is 5.02 Å². The predicted molar refractivity (Wildman–Crippen MR) is 106 cm³/mol. The molecule has 0 fully saturated rings. The summed E-state index contributed by atoms with van der Waals surface area (Å²) in [5.41, 5.74) is 1.41. The molecule has 0 aliphatic rings. The molecule has 2 aromatic rings. The third kappa shape index (κ3) is 4.52. The number of amides is 1. The molecule has 0 saturated carbocycles. The Balaban J connectivity index is 2.29. The summed E-state index contributed by atoms with van der Waals surface area (Å²) < 4.78 is 5.74. The summed E-state index contributed by atoms with van der Waals surface area (Å²) in [4.78, 5) is 16.9. The van der Waals surface area contributed by atoms with Gasteiger partial charge in [0.05, 0.1) is 28.4 Å². The van der Waals surface area contributed by atoms with E-state index in [1.165, 1.54) is 6.20 Å². The quantitative estimate of drug-likeness (QED) is 0.465. The van der Waals surface area contributed by atoms with Crippen LogP contribution >= 0.6 is 11.6 Å². The number of halogens is 1. The largest absolute Gasteiger partial charge is 0.491 e. The maximum atomic E-state index is 12.7. The lowest BCUT2D eigenvalue weighted by atomic mass is 10.1. The standard InChI is InChI=1S/C19H23ClN4O2/c1-4-5-10-26-15-9-7-6-8-14(15)24-19(25)13-11-23-18(22-3)16(12(2)21)17(13)20/h6-9,11,21H,4-5,10H2,1-3H3,(H,22,23)(H,24,25). The number of aromatic nitrogens is 1. The molecule has 0 radical (unpaired) electrons. The van der Waals surface area contributed by atoms with E-state index in [1.54, 1.807) is 20.0 Å². The maximum absolute atomic E-state index is 12.7. The SMILES string of the molecule is CCCCOc1ccccc1NC(=O)c1cnc(NC)c(C(C)=N)c1Cl. The molecular formula is C19H23ClN4O2. The highest BCUT2D eigenvalue weighted by Crippen LogP contribution is 2.29. The van der Waals surface area contributed by atoms with Crippen LogP contribution in [-0.2, 0) is 0 Å². The molecule has 0 saturated heterocycles. The normalized spacial score (nSPS) is 10.3. The van der Waals surface area contributed by atoms with Crippen molar-refractivity contribution in [2.45, 2.75) is 26.7 Å². The van der Waals surface area contributed by atoms with Gasteiger partial charge in [-0.3, -0.25) is 4.79 Å². The Kier molecular flexibility index (Phi) is 6.97. The molecule has 1 aromatic heterocycles. The molecule has 0 unspecified atom stereocenters. The zero-order valence-corrected chi connectivity index (χ0v) is 15.9. The number of rotatable bonds is 8. The van der Waals surface area contributed by atoms with Crippen molar-refractivity contribution < 1.29 is 9.53 Å². The highest BCUT2D eigenvalue weighted by atomic mass is 35.5. The number of hydrogen-bond acceptors (Lipinski definition) is 5. The molecular weight excluding hydrogens is 352 g/mol. The van der Waals surface area contributed by atoms with Gasteiger partial charge >= 0.3 is 0 Å². The molecule has 0 atom stereocenters. The number of carbonyl (C=O) groups is 1. The smallest absolute Gasteiger partial charge is 0.258 e. The fraction of sp³-hybridized carbons (Fsp3) is 0.316. The number of unbranched alkanes of at least 4 members (excludes halogenated alkanes) is 1. The summed E-state index contributed by atoms with van der Waals surface area (Å²) in [6.07, 6.45) is 3.36. The van der Waals surface area contributed by atoms with Crippen LogP contribution in [0.3, 0.4) is 0 Å². The number of hydrogen-bond donors (Lipinski definition) is 3. The number of benzene rings is 1. The summed E-state index contributed by atoms with van der Waals surface area (Å²) in [5.74, 6) is 0.662. The van der Waals surface area contributed by atoms with Gasteiger partial charge in [0.15, 0.2) is 0 Å². The van der Waals surface area contributed by atoms with Crippen molar-refractivity contribution >= 4 is 34.7 Å². The van der Waals surface area contributed by atoms with Crippen molar-refractivity contribution in [2.24, 2.45) is 0 Å². The lowest BCUT2D eigenvalue weighted by Gasteiger charge is -2.15. The first-order valence-electron chi connectivity index (χ1n) is 8.44. The van der Waals surface area contributed by atoms with Gasteiger partial charge in [-0.25, -0.2) is 4.98 Å². The maximum Gasteiger partial charge on any atom is 0.258 e. The average molecular weight is 375 g/mol.